The van der Waals surface area contributed by atoms with Gasteiger partial charge in [-0.05, 0) is 31.9 Å². The Morgan fingerprint density at radius 2 is 1.93 bits per heavy atom. The molecule has 0 radical (unpaired) electrons. The lowest BCUT2D eigenvalue weighted by Crippen LogP contribution is -2.51. The molecule has 2 aromatic rings. The third-order valence-corrected chi connectivity index (χ3v) is 5.87. The number of amides is 3. The second-order valence-electron chi connectivity index (χ2n) is 7.87. The van der Waals surface area contributed by atoms with Gasteiger partial charge in [-0.25, -0.2) is 13.6 Å². The highest BCUT2D eigenvalue weighted by Gasteiger charge is 2.55. The quantitative estimate of drug-likeness (QED) is 0.609. The first-order valence-electron chi connectivity index (χ1n) is 9.63. The van der Waals surface area contributed by atoms with Crippen LogP contribution < -0.4 is 5.32 Å². The molecule has 0 bridgehead atoms. The summed E-state index contributed by atoms with van der Waals surface area (Å²) in [7, 11) is 1.69. The maximum atomic E-state index is 13.5. The molecule has 1 N–H and O–H groups in total. The van der Waals surface area contributed by atoms with Crippen molar-refractivity contribution < 1.29 is 23.2 Å². The van der Waals surface area contributed by atoms with Crippen LogP contribution in [0.2, 0.25) is 0 Å². The van der Waals surface area contributed by atoms with E-state index in [1.165, 1.54) is 0 Å². The Bertz CT molecular complexity index is 1020. The summed E-state index contributed by atoms with van der Waals surface area (Å²) in [6.07, 6.45) is 2.03. The Balaban J connectivity index is 1.55. The summed E-state index contributed by atoms with van der Waals surface area (Å²) < 4.78 is 28.6. The zero-order valence-corrected chi connectivity index (χ0v) is 16.6. The Kier molecular flexibility index (Phi) is 4.67. The molecular formula is C20H21F2N5O3. The number of aromatic nitrogens is 3. The second kappa shape index (κ2) is 6.96. The normalized spacial score (nSPS) is 19.9. The van der Waals surface area contributed by atoms with E-state index in [1.54, 1.807) is 37.1 Å². The molecule has 30 heavy (non-hydrogen) atoms. The van der Waals surface area contributed by atoms with Crippen LogP contribution in [0.1, 0.15) is 41.7 Å². The summed E-state index contributed by atoms with van der Waals surface area (Å²) in [6, 6.07) is 2.87. The van der Waals surface area contributed by atoms with Gasteiger partial charge in [0.2, 0.25) is 11.7 Å². The average Bonchev–Trinajstić information content (AvgIpc) is 3.13. The van der Waals surface area contributed by atoms with Crippen LogP contribution in [0.4, 0.5) is 13.6 Å². The fraction of sp³-hybridized carbons (Fsp3) is 0.450. The molecule has 2 fully saturated rings. The van der Waals surface area contributed by atoms with Gasteiger partial charge in [0.1, 0.15) is 11.2 Å². The van der Waals surface area contributed by atoms with E-state index >= 15 is 0 Å². The van der Waals surface area contributed by atoms with E-state index in [9.17, 15) is 23.2 Å². The number of aryl methyl sites for hydroxylation is 1. The Morgan fingerprint density at radius 1 is 1.23 bits per heavy atom. The minimum absolute atomic E-state index is 0.146. The first kappa shape index (κ1) is 20.1. The summed E-state index contributed by atoms with van der Waals surface area (Å²) in [4.78, 5) is 43.0. The first-order chi connectivity index (χ1) is 14.1. The monoisotopic (exact) mass is 417 g/mol. The SMILES string of the molecule is Cc1c(C(=O)CN2C(=O)NC3(CCC(F)(F)CC3)C2=O)nn(C)c1-c1cccnc1. The minimum atomic E-state index is -2.84. The number of nitrogens with zero attached hydrogens (tertiary/aromatic N) is 4. The number of carbonyl (C=O) groups is 3. The number of hydrogen-bond donors (Lipinski definition) is 1. The summed E-state index contributed by atoms with van der Waals surface area (Å²) in [5, 5.41) is 6.81. The molecule has 0 atom stereocenters. The first-order valence-corrected chi connectivity index (χ1v) is 9.63. The van der Waals surface area contributed by atoms with E-state index in [1.807, 2.05) is 6.07 Å². The van der Waals surface area contributed by atoms with Gasteiger partial charge in [0.15, 0.2) is 0 Å². The van der Waals surface area contributed by atoms with E-state index in [0.29, 0.717) is 11.3 Å². The van der Waals surface area contributed by atoms with Gasteiger partial charge in [-0.15, -0.1) is 0 Å². The van der Waals surface area contributed by atoms with E-state index in [0.717, 1.165) is 10.5 Å². The highest BCUT2D eigenvalue weighted by Crippen LogP contribution is 2.41. The van der Waals surface area contributed by atoms with E-state index in [4.69, 9.17) is 0 Å². The van der Waals surface area contributed by atoms with Gasteiger partial charge in [0.25, 0.3) is 5.91 Å². The van der Waals surface area contributed by atoms with Crippen molar-refractivity contribution >= 4 is 17.7 Å². The number of hydrogen-bond acceptors (Lipinski definition) is 5. The van der Waals surface area contributed by atoms with Crippen LogP contribution in [0.25, 0.3) is 11.3 Å². The standard InChI is InChI=1S/C20H21F2N5O3/c1-12-15(25-26(2)16(12)13-4-3-9-23-10-13)14(28)11-27-17(29)19(24-18(27)30)5-7-20(21,22)8-6-19/h3-4,9-10H,5-8,11H2,1-2H3,(H,24,30). The molecule has 3 amide bonds. The number of pyridine rings is 1. The predicted molar refractivity (Wildman–Crippen MR) is 102 cm³/mol. The second-order valence-corrected chi connectivity index (χ2v) is 7.87. The van der Waals surface area contributed by atoms with Gasteiger partial charge in [-0.3, -0.25) is 24.2 Å². The maximum Gasteiger partial charge on any atom is 0.325 e. The summed E-state index contributed by atoms with van der Waals surface area (Å²) >= 11 is 0. The fourth-order valence-corrected chi connectivity index (χ4v) is 4.22. The zero-order valence-electron chi connectivity index (χ0n) is 16.6. The molecule has 1 spiro atoms. The molecule has 1 aliphatic heterocycles. The lowest BCUT2D eigenvalue weighted by Gasteiger charge is -2.34. The highest BCUT2D eigenvalue weighted by molar-refractivity contribution is 6.11. The molecule has 0 unspecified atom stereocenters. The van der Waals surface area contributed by atoms with Crippen molar-refractivity contribution in [2.75, 3.05) is 6.54 Å². The van der Waals surface area contributed by atoms with Crippen molar-refractivity contribution in [3.63, 3.8) is 0 Å². The van der Waals surface area contributed by atoms with Gasteiger partial charge in [-0.2, -0.15) is 5.10 Å². The largest absolute Gasteiger partial charge is 0.325 e. The lowest BCUT2D eigenvalue weighted by atomic mass is 9.80. The Hall–Kier alpha value is -3.17. The van der Waals surface area contributed by atoms with E-state index in [-0.39, 0.29) is 18.5 Å². The third-order valence-electron chi connectivity index (χ3n) is 5.87. The zero-order chi connectivity index (χ0) is 21.7. The number of ketones is 1. The number of halogens is 2. The summed E-state index contributed by atoms with van der Waals surface area (Å²) in [5.41, 5.74) is 0.887. The Morgan fingerprint density at radius 3 is 2.57 bits per heavy atom. The molecule has 2 aromatic heterocycles. The van der Waals surface area contributed by atoms with Crippen molar-refractivity contribution in [3.8, 4) is 11.3 Å². The predicted octanol–water partition coefficient (Wildman–Crippen LogP) is 2.47. The van der Waals surface area contributed by atoms with Crippen LogP contribution in [0.3, 0.4) is 0 Å². The van der Waals surface area contributed by atoms with Gasteiger partial charge in [0, 0.05) is 43.4 Å². The summed E-state index contributed by atoms with van der Waals surface area (Å²) in [6.45, 7) is 1.24. The number of carbonyl (C=O) groups excluding carboxylic acids is 3. The Labute approximate surface area is 171 Å². The molecule has 0 aromatic carbocycles. The van der Waals surface area contributed by atoms with Crippen molar-refractivity contribution in [1.29, 1.82) is 0 Å². The topological polar surface area (TPSA) is 97.2 Å². The number of alkyl halides is 2. The number of rotatable bonds is 4. The van der Waals surface area contributed by atoms with Crippen molar-refractivity contribution in [3.05, 3.63) is 35.8 Å². The molecule has 158 valence electrons. The van der Waals surface area contributed by atoms with Gasteiger partial charge in [0.05, 0.1) is 12.2 Å². The number of nitrogens with one attached hydrogen (secondary N) is 1. The van der Waals surface area contributed by atoms with Crippen LogP contribution in [0.15, 0.2) is 24.5 Å². The third kappa shape index (κ3) is 3.25. The molecule has 10 heteroatoms. The van der Waals surface area contributed by atoms with E-state index < -0.39 is 48.6 Å². The van der Waals surface area contributed by atoms with Crippen LogP contribution >= 0.6 is 0 Å². The van der Waals surface area contributed by atoms with Crippen molar-refractivity contribution in [2.24, 2.45) is 7.05 Å². The molecule has 8 nitrogen and oxygen atoms in total. The van der Waals surface area contributed by atoms with Crippen LogP contribution in [0.5, 0.6) is 0 Å². The van der Waals surface area contributed by atoms with Crippen LogP contribution in [0, 0.1) is 6.92 Å². The van der Waals surface area contributed by atoms with Crippen molar-refractivity contribution in [1.82, 2.24) is 25.0 Å². The molecule has 4 rings (SSSR count). The summed E-state index contributed by atoms with van der Waals surface area (Å²) in [5.74, 6) is -3.97. The van der Waals surface area contributed by atoms with Gasteiger partial charge in [-0.1, -0.05) is 0 Å². The minimum Gasteiger partial charge on any atom is -0.323 e. The fourth-order valence-electron chi connectivity index (χ4n) is 4.22. The van der Waals surface area contributed by atoms with Crippen molar-refractivity contribution in [2.45, 2.75) is 44.1 Å². The molecule has 1 saturated heterocycles. The molecule has 1 saturated carbocycles. The molecule has 2 aliphatic rings. The maximum absolute atomic E-state index is 13.5. The average molecular weight is 417 g/mol. The molecular weight excluding hydrogens is 396 g/mol. The smallest absolute Gasteiger partial charge is 0.323 e. The van der Waals surface area contributed by atoms with Crippen LogP contribution in [-0.4, -0.2) is 55.4 Å². The van der Waals surface area contributed by atoms with Crippen LogP contribution in [-0.2, 0) is 11.8 Å². The van der Waals surface area contributed by atoms with E-state index in [2.05, 4.69) is 15.4 Å². The lowest BCUT2D eigenvalue weighted by molar-refractivity contribution is -0.135. The van der Waals surface area contributed by atoms with Gasteiger partial charge < -0.3 is 5.32 Å². The highest BCUT2D eigenvalue weighted by atomic mass is 19.3. The van der Waals surface area contributed by atoms with Gasteiger partial charge >= 0.3 is 6.03 Å². The number of urea groups is 1. The molecule has 1 aliphatic carbocycles. The molecule has 3 heterocycles. The number of Topliss-reactive ketones (excluding diaryl/α,β-unsaturated/α-hetero) is 1. The number of imide groups is 1.